The number of cyclic esters (lactones) is 1. The Morgan fingerprint density at radius 2 is 1.49 bits per heavy atom. The van der Waals surface area contributed by atoms with Crippen LogP contribution < -0.4 is 10.1 Å². The standard InChI is InChI=1S/C31H25F2NO3/c32-24-10-6-22(7-11-24)29-19-18-28(31(35)37-29)30(34-26-14-12-25(33)13-15-26)23-8-16-27(17-9-23)36-20-21-4-2-1-3-5-21/h1-18,29-30,34H,19-20H2. The van der Waals surface area contributed by atoms with E-state index in [1.807, 2.05) is 60.7 Å². The Balaban J connectivity index is 1.38. The van der Waals surface area contributed by atoms with E-state index in [4.69, 9.17) is 9.47 Å². The molecule has 0 spiro atoms. The molecule has 0 radical (unpaired) electrons. The van der Waals surface area contributed by atoms with Crippen molar-refractivity contribution in [2.45, 2.75) is 25.2 Å². The fourth-order valence-electron chi connectivity index (χ4n) is 4.23. The van der Waals surface area contributed by atoms with Crippen LogP contribution in [0.3, 0.4) is 0 Å². The van der Waals surface area contributed by atoms with Crippen LogP contribution in [-0.4, -0.2) is 5.97 Å². The van der Waals surface area contributed by atoms with Gasteiger partial charge in [-0.15, -0.1) is 0 Å². The van der Waals surface area contributed by atoms with E-state index in [1.54, 1.807) is 24.3 Å². The average molecular weight is 498 g/mol. The van der Waals surface area contributed by atoms with Gasteiger partial charge in [-0.25, -0.2) is 13.6 Å². The van der Waals surface area contributed by atoms with Gasteiger partial charge in [0.05, 0.1) is 11.6 Å². The Kier molecular flexibility index (Phi) is 7.26. The van der Waals surface area contributed by atoms with Crippen molar-refractivity contribution in [3.63, 3.8) is 0 Å². The van der Waals surface area contributed by atoms with E-state index in [2.05, 4.69) is 5.32 Å². The molecule has 6 heteroatoms. The molecule has 186 valence electrons. The van der Waals surface area contributed by atoms with E-state index in [-0.39, 0.29) is 11.6 Å². The quantitative estimate of drug-likeness (QED) is 0.259. The largest absolute Gasteiger partial charge is 0.489 e. The fourth-order valence-corrected chi connectivity index (χ4v) is 4.23. The minimum Gasteiger partial charge on any atom is -0.489 e. The number of benzene rings is 4. The first-order valence-corrected chi connectivity index (χ1v) is 12.0. The molecule has 0 aromatic heterocycles. The van der Waals surface area contributed by atoms with Gasteiger partial charge in [0.15, 0.2) is 0 Å². The highest BCUT2D eigenvalue weighted by Gasteiger charge is 2.30. The van der Waals surface area contributed by atoms with Crippen LogP contribution in [0.25, 0.3) is 0 Å². The number of anilines is 1. The molecule has 1 heterocycles. The maximum Gasteiger partial charge on any atom is 0.336 e. The van der Waals surface area contributed by atoms with Crippen molar-refractivity contribution in [1.29, 1.82) is 0 Å². The van der Waals surface area contributed by atoms with Gasteiger partial charge in [-0.05, 0) is 65.2 Å². The summed E-state index contributed by atoms with van der Waals surface area (Å²) in [4.78, 5) is 13.1. The summed E-state index contributed by atoms with van der Waals surface area (Å²) in [6.45, 7) is 0.444. The summed E-state index contributed by atoms with van der Waals surface area (Å²) in [5, 5.41) is 3.34. The van der Waals surface area contributed by atoms with E-state index in [0.717, 1.165) is 16.7 Å². The first kappa shape index (κ1) is 24.3. The molecule has 1 aliphatic heterocycles. The molecule has 2 unspecified atom stereocenters. The van der Waals surface area contributed by atoms with Crippen LogP contribution >= 0.6 is 0 Å². The van der Waals surface area contributed by atoms with Crippen LogP contribution in [0.2, 0.25) is 0 Å². The van der Waals surface area contributed by atoms with Gasteiger partial charge in [0.1, 0.15) is 30.1 Å². The van der Waals surface area contributed by atoms with Gasteiger partial charge in [0.2, 0.25) is 0 Å². The topological polar surface area (TPSA) is 47.6 Å². The molecule has 0 aliphatic carbocycles. The van der Waals surface area contributed by atoms with Crippen molar-refractivity contribution in [2.24, 2.45) is 0 Å². The molecule has 5 rings (SSSR count). The molecule has 0 fully saturated rings. The number of nitrogens with one attached hydrogen (secondary N) is 1. The minimum atomic E-state index is -0.532. The zero-order valence-electron chi connectivity index (χ0n) is 19.9. The lowest BCUT2D eigenvalue weighted by Crippen LogP contribution is -2.25. The van der Waals surface area contributed by atoms with Crippen LogP contribution in [0.1, 0.15) is 35.3 Å². The number of rotatable bonds is 8. The van der Waals surface area contributed by atoms with E-state index >= 15 is 0 Å². The first-order valence-electron chi connectivity index (χ1n) is 12.0. The maximum absolute atomic E-state index is 13.5. The minimum absolute atomic E-state index is 0.345. The van der Waals surface area contributed by atoms with Gasteiger partial charge >= 0.3 is 5.97 Å². The molecular weight excluding hydrogens is 472 g/mol. The van der Waals surface area contributed by atoms with Gasteiger partial charge in [-0.1, -0.05) is 60.7 Å². The monoisotopic (exact) mass is 497 g/mol. The smallest absolute Gasteiger partial charge is 0.336 e. The summed E-state index contributed by atoms with van der Waals surface area (Å²) in [6.07, 6.45) is 1.81. The van der Waals surface area contributed by atoms with Crippen molar-refractivity contribution in [2.75, 3.05) is 5.32 Å². The zero-order valence-corrected chi connectivity index (χ0v) is 19.9. The van der Waals surface area contributed by atoms with E-state index in [9.17, 15) is 13.6 Å². The second kappa shape index (κ2) is 11.1. The molecule has 0 saturated carbocycles. The SMILES string of the molecule is O=C1OC(c2ccc(F)cc2)CC=C1C(Nc1ccc(F)cc1)c1ccc(OCc2ccccc2)cc1. The zero-order chi connectivity index (χ0) is 25.6. The van der Waals surface area contributed by atoms with Crippen molar-refractivity contribution in [3.05, 3.63) is 143 Å². The molecule has 0 bridgehead atoms. The van der Waals surface area contributed by atoms with Gasteiger partial charge in [0.25, 0.3) is 0 Å². The Bertz CT molecular complexity index is 1370. The van der Waals surface area contributed by atoms with Crippen LogP contribution in [0, 0.1) is 11.6 Å². The van der Waals surface area contributed by atoms with E-state index in [1.165, 1.54) is 24.3 Å². The summed E-state index contributed by atoms with van der Waals surface area (Å²) in [6, 6.07) is 28.7. The Hall–Kier alpha value is -4.45. The van der Waals surface area contributed by atoms with Gasteiger partial charge in [-0.3, -0.25) is 0 Å². The molecule has 0 amide bonds. The Labute approximate surface area is 214 Å². The average Bonchev–Trinajstić information content (AvgIpc) is 2.93. The van der Waals surface area contributed by atoms with Gasteiger partial charge in [0, 0.05) is 12.1 Å². The molecule has 1 N–H and O–H groups in total. The number of esters is 1. The summed E-state index contributed by atoms with van der Waals surface area (Å²) < 4.78 is 38.4. The predicted molar refractivity (Wildman–Crippen MR) is 138 cm³/mol. The molecule has 37 heavy (non-hydrogen) atoms. The lowest BCUT2D eigenvalue weighted by atomic mass is 9.93. The highest BCUT2D eigenvalue weighted by atomic mass is 19.1. The predicted octanol–water partition coefficient (Wildman–Crippen LogP) is 7.31. The molecule has 0 saturated heterocycles. The third-order valence-corrected chi connectivity index (χ3v) is 6.21. The number of carbonyl (C=O) groups is 1. The number of hydrogen-bond acceptors (Lipinski definition) is 4. The molecule has 4 nitrogen and oxygen atoms in total. The van der Waals surface area contributed by atoms with Crippen LogP contribution in [0.4, 0.5) is 14.5 Å². The van der Waals surface area contributed by atoms with Crippen molar-refractivity contribution >= 4 is 11.7 Å². The van der Waals surface area contributed by atoms with Crippen molar-refractivity contribution < 1.29 is 23.0 Å². The third-order valence-electron chi connectivity index (χ3n) is 6.21. The molecule has 4 aromatic carbocycles. The van der Waals surface area contributed by atoms with Crippen molar-refractivity contribution in [1.82, 2.24) is 0 Å². The first-order chi connectivity index (χ1) is 18.0. The normalized spacial score (nSPS) is 15.9. The summed E-state index contributed by atoms with van der Waals surface area (Å²) in [7, 11) is 0. The highest BCUT2D eigenvalue weighted by molar-refractivity contribution is 5.92. The fraction of sp³-hybridized carbons (Fsp3) is 0.129. The summed E-state index contributed by atoms with van der Waals surface area (Å²) in [5.74, 6) is -0.461. The number of carbonyl (C=O) groups excluding carboxylic acids is 1. The van der Waals surface area contributed by atoms with Crippen LogP contribution in [-0.2, 0) is 16.1 Å². The van der Waals surface area contributed by atoms with Crippen LogP contribution in [0.5, 0.6) is 5.75 Å². The maximum atomic E-state index is 13.5. The van der Waals surface area contributed by atoms with Crippen LogP contribution in [0.15, 0.2) is 115 Å². The lowest BCUT2D eigenvalue weighted by Gasteiger charge is -2.28. The van der Waals surface area contributed by atoms with Crippen molar-refractivity contribution in [3.8, 4) is 5.75 Å². The second-order valence-electron chi connectivity index (χ2n) is 8.77. The molecular formula is C31H25F2NO3. The third kappa shape index (κ3) is 6.04. The number of halogens is 2. The molecule has 1 aliphatic rings. The van der Waals surface area contributed by atoms with Gasteiger partial charge < -0.3 is 14.8 Å². The van der Waals surface area contributed by atoms with E-state index in [0.29, 0.717) is 30.0 Å². The Morgan fingerprint density at radius 3 is 2.14 bits per heavy atom. The second-order valence-corrected chi connectivity index (χ2v) is 8.77. The molecule has 4 aromatic rings. The Morgan fingerprint density at radius 1 is 0.838 bits per heavy atom. The van der Waals surface area contributed by atoms with E-state index < -0.39 is 18.1 Å². The number of ether oxygens (including phenoxy) is 2. The summed E-state index contributed by atoms with van der Waals surface area (Å²) in [5.41, 5.74) is 3.71. The summed E-state index contributed by atoms with van der Waals surface area (Å²) >= 11 is 0. The van der Waals surface area contributed by atoms with Gasteiger partial charge in [-0.2, -0.15) is 0 Å². The number of hydrogen-bond donors (Lipinski definition) is 1. The lowest BCUT2D eigenvalue weighted by molar-refractivity contribution is -0.146. The highest BCUT2D eigenvalue weighted by Crippen LogP contribution is 2.35. The molecule has 2 atom stereocenters.